The molecule has 0 heterocycles. The van der Waals surface area contributed by atoms with Crippen LogP contribution in [0.2, 0.25) is 5.02 Å². The number of anilines is 1. The minimum absolute atomic E-state index is 0.140. The second kappa shape index (κ2) is 7.79. The van der Waals surface area contributed by atoms with Gasteiger partial charge in [-0.1, -0.05) is 18.5 Å². The van der Waals surface area contributed by atoms with Gasteiger partial charge in [0, 0.05) is 22.3 Å². The predicted molar refractivity (Wildman–Crippen MR) is 95.9 cm³/mol. The van der Waals surface area contributed by atoms with E-state index in [1.165, 1.54) is 12.1 Å². The fraction of sp³-hybridized carbons (Fsp3) is 0.235. The molecular formula is C17H19ClN2O3S. The number of carbonyl (C=O) groups excluding carboxylic acids is 1. The highest BCUT2D eigenvalue weighted by Crippen LogP contribution is 2.16. The smallest absolute Gasteiger partial charge is 0.255 e. The molecule has 2 aromatic carbocycles. The van der Waals surface area contributed by atoms with Crippen LogP contribution in [0, 0.1) is 0 Å². The van der Waals surface area contributed by atoms with Gasteiger partial charge in [-0.2, -0.15) is 0 Å². The standard InChI is InChI=1S/C17H19ClN2O3S/c1-3-12(2)20-24(22,23)16-10-8-15(9-11-16)19-17(21)13-4-6-14(18)7-5-13/h4-12,20H,3H2,1-2H3,(H,19,21)/t12-/m0/s1. The summed E-state index contributed by atoms with van der Waals surface area (Å²) in [4.78, 5) is 12.3. The summed E-state index contributed by atoms with van der Waals surface area (Å²) in [6.45, 7) is 3.71. The molecule has 7 heteroatoms. The summed E-state index contributed by atoms with van der Waals surface area (Å²) in [6, 6.07) is 12.4. The first kappa shape index (κ1) is 18.4. The average Bonchev–Trinajstić information content (AvgIpc) is 2.55. The molecule has 0 unspecified atom stereocenters. The van der Waals surface area contributed by atoms with Gasteiger partial charge in [-0.25, -0.2) is 13.1 Å². The summed E-state index contributed by atoms with van der Waals surface area (Å²) in [6.07, 6.45) is 0.703. The summed E-state index contributed by atoms with van der Waals surface area (Å²) in [5.41, 5.74) is 0.979. The zero-order chi connectivity index (χ0) is 17.7. The molecule has 0 saturated carbocycles. The Balaban J connectivity index is 2.09. The van der Waals surface area contributed by atoms with Gasteiger partial charge in [-0.15, -0.1) is 0 Å². The van der Waals surface area contributed by atoms with Gasteiger partial charge in [-0.3, -0.25) is 4.79 Å². The first-order valence-corrected chi connectivity index (χ1v) is 9.37. The number of halogens is 1. The van der Waals surface area contributed by atoms with Gasteiger partial charge in [0.05, 0.1) is 4.90 Å². The fourth-order valence-electron chi connectivity index (χ4n) is 1.94. The van der Waals surface area contributed by atoms with E-state index in [1.54, 1.807) is 43.3 Å². The van der Waals surface area contributed by atoms with Gasteiger partial charge >= 0.3 is 0 Å². The quantitative estimate of drug-likeness (QED) is 0.819. The van der Waals surface area contributed by atoms with Crippen LogP contribution < -0.4 is 10.0 Å². The van der Waals surface area contributed by atoms with Crippen LogP contribution in [-0.4, -0.2) is 20.4 Å². The molecular weight excluding hydrogens is 348 g/mol. The highest BCUT2D eigenvalue weighted by molar-refractivity contribution is 7.89. The van der Waals surface area contributed by atoms with E-state index in [4.69, 9.17) is 11.6 Å². The third kappa shape index (κ3) is 4.80. The molecule has 2 rings (SSSR count). The van der Waals surface area contributed by atoms with Crippen molar-refractivity contribution in [2.24, 2.45) is 0 Å². The molecule has 5 nitrogen and oxygen atoms in total. The maximum absolute atomic E-state index is 12.2. The van der Waals surface area contributed by atoms with E-state index in [2.05, 4.69) is 10.0 Å². The first-order chi connectivity index (χ1) is 11.3. The maximum atomic E-state index is 12.2. The van der Waals surface area contributed by atoms with Crippen LogP contribution >= 0.6 is 11.6 Å². The highest BCUT2D eigenvalue weighted by atomic mass is 35.5. The van der Waals surface area contributed by atoms with E-state index in [0.717, 1.165) is 0 Å². The van der Waals surface area contributed by atoms with Crippen LogP contribution in [0.1, 0.15) is 30.6 Å². The van der Waals surface area contributed by atoms with Crippen molar-refractivity contribution in [1.29, 1.82) is 0 Å². The molecule has 2 N–H and O–H groups in total. The Labute approximate surface area is 147 Å². The van der Waals surface area contributed by atoms with Gasteiger partial charge in [-0.05, 0) is 61.9 Å². The van der Waals surface area contributed by atoms with E-state index in [0.29, 0.717) is 22.7 Å². The Morgan fingerprint density at radius 3 is 2.21 bits per heavy atom. The predicted octanol–water partition coefficient (Wildman–Crippen LogP) is 3.67. The van der Waals surface area contributed by atoms with E-state index in [-0.39, 0.29) is 16.8 Å². The second-order valence-corrected chi connectivity index (χ2v) is 7.57. The van der Waals surface area contributed by atoms with Crippen molar-refractivity contribution in [3.8, 4) is 0 Å². The van der Waals surface area contributed by atoms with Crippen LogP contribution in [0.3, 0.4) is 0 Å². The van der Waals surface area contributed by atoms with E-state index >= 15 is 0 Å². The number of sulfonamides is 1. The lowest BCUT2D eigenvalue weighted by atomic mass is 10.2. The number of carbonyl (C=O) groups is 1. The Morgan fingerprint density at radius 2 is 1.67 bits per heavy atom. The third-order valence-electron chi connectivity index (χ3n) is 3.50. The number of nitrogens with one attached hydrogen (secondary N) is 2. The SMILES string of the molecule is CC[C@H](C)NS(=O)(=O)c1ccc(NC(=O)c2ccc(Cl)cc2)cc1. The monoisotopic (exact) mass is 366 g/mol. The first-order valence-electron chi connectivity index (χ1n) is 7.51. The molecule has 0 aliphatic heterocycles. The molecule has 1 atom stereocenters. The number of benzene rings is 2. The van der Waals surface area contributed by atoms with Crippen molar-refractivity contribution in [2.75, 3.05) is 5.32 Å². The molecule has 0 spiro atoms. The lowest BCUT2D eigenvalue weighted by molar-refractivity contribution is 0.102. The van der Waals surface area contributed by atoms with Crippen LogP contribution in [0.15, 0.2) is 53.4 Å². The zero-order valence-electron chi connectivity index (χ0n) is 13.4. The molecule has 0 radical (unpaired) electrons. The van der Waals surface area contributed by atoms with Crippen molar-refractivity contribution >= 4 is 33.2 Å². The zero-order valence-corrected chi connectivity index (χ0v) is 15.0. The molecule has 24 heavy (non-hydrogen) atoms. The van der Waals surface area contributed by atoms with Gasteiger partial charge < -0.3 is 5.32 Å². The van der Waals surface area contributed by atoms with Crippen molar-refractivity contribution in [3.63, 3.8) is 0 Å². The minimum atomic E-state index is -3.55. The van der Waals surface area contributed by atoms with Crippen LogP contribution in [-0.2, 0) is 10.0 Å². The van der Waals surface area contributed by atoms with Gasteiger partial charge in [0.1, 0.15) is 0 Å². The molecule has 0 bridgehead atoms. The fourth-order valence-corrected chi connectivity index (χ4v) is 3.39. The van der Waals surface area contributed by atoms with Crippen molar-refractivity contribution in [1.82, 2.24) is 4.72 Å². The topological polar surface area (TPSA) is 75.3 Å². The van der Waals surface area contributed by atoms with Crippen molar-refractivity contribution in [3.05, 3.63) is 59.1 Å². The molecule has 0 fully saturated rings. The second-order valence-electron chi connectivity index (χ2n) is 5.42. The van der Waals surface area contributed by atoms with E-state index in [1.807, 2.05) is 6.92 Å². The van der Waals surface area contributed by atoms with Crippen LogP contribution in [0.25, 0.3) is 0 Å². The molecule has 1 amide bonds. The summed E-state index contributed by atoms with van der Waals surface area (Å²) >= 11 is 5.79. The Bertz CT molecular complexity index is 803. The number of hydrogen-bond acceptors (Lipinski definition) is 3. The normalized spacial score (nSPS) is 12.6. The lowest BCUT2D eigenvalue weighted by Gasteiger charge is -2.12. The molecule has 0 aromatic heterocycles. The third-order valence-corrected chi connectivity index (χ3v) is 5.36. The number of hydrogen-bond donors (Lipinski definition) is 2. The lowest BCUT2D eigenvalue weighted by Crippen LogP contribution is -2.31. The summed E-state index contributed by atoms with van der Waals surface area (Å²) in [7, 11) is -3.55. The Hall–Kier alpha value is -1.89. The number of amides is 1. The highest BCUT2D eigenvalue weighted by Gasteiger charge is 2.16. The van der Waals surface area contributed by atoms with E-state index in [9.17, 15) is 13.2 Å². The summed E-state index contributed by atoms with van der Waals surface area (Å²) < 4.78 is 26.9. The molecule has 2 aromatic rings. The van der Waals surface area contributed by atoms with Gasteiger partial charge in [0.15, 0.2) is 0 Å². The van der Waals surface area contributed by atoms with Crippen LogP contribution in [0.4, 0.5) is 5.69 Å². The molecule has 0 saturated heterocycles. The largest absolute Gasteiger partial charge is 0.322 e. The Kier molecular flexibility index (Phi) is 5.99. The summed E-state index contributed by atoms with van der Waals surface area (Å²) in [5, 5.41) is 3.26. The number of rotatable bonds is 6. The van der Waals surface area contributed by atoms with Crippen molar-refractivity contribution < 1.29 is 13.2 Å². The molecule has 0 aliphatic rings. The van der Waals surface area contributed by atoms with E-state index < -0.39 is 10.0 Å². The molecule has 128 valence electrons. The van der Waals surface area contributed by atoms with Gasteiger partial charge in [0.25, 0.3) is 5.91 Å². The Morgan fingerprint density at radius 1 is 1.08 bits per heavy atom. The van der Waals surface area contributed by atoms with Gasteiger partial charge in [0.2, 0.25) is 10.0 Å². The summed E-state index contributed by atoms with van der Waals surface area (Å²) in [5.74, 6) is -0.292. The average molecular weight is 367 g/mol. The molecule has 0 aliphatic carbocycles. The minimum Gasteiger partial charge on any atom is -0.322 e. The van der Waals surface area contributed by atoms with Crippen LogP contribution in [0.5, 0.6) is 0 Å². The van der Waals surface area contributed by atoms with Crippen molar-refractivity contribution in [2.45, 2.75) is 31.2 Å². The maximum Gasteiger partial charge on any atom is 0.255 e.